The van der Waals surface area contributed by atoms with Crippen LogP contribution in [0.2, 0.25) is 0 Å². The lowest BCUT2D eigenvalue weighted by atomic mass is 10.2. The van der Waals surface area contributed by atoms with Crippen LogP contribution >= 0.6 is 11.8 Å². The summed E-state index contributed by atoms with van der Waals surface area (Å²) in [6.45, 7) is 5.00. The van der Waals surface area contributed by atoms with Gasteiger partial charge in [-0.25, -0.2) is 8.42 Å². The maximum atomic E-state index is 13.7. The van der Waals surface area contributed by atoms with Crippen LogP contribution in [0.15, 0.2) is 88.7 Å². The molecule has 36 heavy (non-hydrogen) atoms. The minimum absolute atomic E-state index is 0.00239. The van der Waals surface area contributed by atoms with Crippen LogP contribution in [-0.2, 0) is 20.0 Å². The molecule has 0 unspecified atom stereocenters. The molecule has 11 heteroatoms. The normalized spacial score (nSPS) is 14.8. The third-order valence-electron chi connectivity index (χ3n) is 5.99. The van der Waals surface area contributed by atoms with E-state index in [0.717, 1.165) is 38.3 Å². The topological polar surface area (TPSA) is 90.0 Å². The zero-order chi connectivity index (χ0) is 25.8. The Morgan fingerprint density at radius 1 is 0.806 bits per heavy atom. The minimum Gasteiger partial charge on any atom is -0.370 e. The number of anilines is 3. The van der Waals surface area contributed by atoms with E-state index in [4.69, 9.17) is 11.8 Å². The van der Waals surface area contributed by atoms with Gasteiger partial charge in [-0.3, -0.25) is 4.31 Å². The molecule has 0 aliphatic carbocycles. The standard InChI is InChI=1S/C25H29ClN4O4S2/c1-2-29(35(31,32)22-10-5-3-6-11-22)25-20-21(28-18-9-16-27-17-19-28)14-15-24(25)30(26)36(33,34)23-12-7-4-8-13-23/h3-8,10-15,20,27H,2,9,16-19H2,1H3. The van der Waals surface area contributed by atoms with Crippen molar-refractivity contribution in [2.24, 2.45) is 0 Å². The molecule has 4 rings (SSSR count). The van der Waals surface area contributed by atoms with Gasteiger partial charge in [-0.15, -0.1) is 0 Å². The van der Waals surface area contributed by atoms with Gasteiger partial charge in [0.05, 0.1) is 21.2 Å². The van der Waals surface area contributed by atoms with Crippen LogP contribution in [0.4, 0.5) is 17.1 Å². The smallest absolute Gasteiger partial charge is 0.278 e. The number of rotatable bonds is 8. The maximum Gasteiger partial charge on any atom is 0.278 e. The molecule has 1 heterocycles. The van der Waals surface area contributed by atoms with Crippen LogP contribution in [0.5, 0.6) is 0 Å². The molecule has 1 saturated heterocycles. The first-order valence-electron chi connectivity index (χ1n) is 11.7. The van der Waals surface area contributed by atoms with Crippen LogP contribution in [0.3, 0.4) is 0 Å². The SMILES string of the molecule is CCN(c1cc(N2CCCNCC2)ccc1N(Cl)S(=O)(=O)c1ccccc1)S(=O)(=O)c1ccccc1. The summed E-state index contributed by atoms with van der Waals surface area (Å²) in [5, 5.41) is 3.35. The molecule has 1 N–H and O–H groups in total. The molecular formula is C25H29ClN4O4S2. The van der Waals surface area contributed by atoms with Gasteiger partial charge in [0, 0.05) is 43.6 Å². The molecule has 0 amide bonds. The van der Waals surface area contributed by atoms with E-state index in [0.29, 0.717) is 3.82 Å². The third-order valence-corrected chi connectivity index (χ3v) is 10.1. The predicted octanol–water partition coefficient (Wildman–Crippen LogP) is 4.05. The van der Waals surface area contributed by atoms with Crippen molar-refractivity contribution in [3.8, 4) is 0 Å². The van der Waals surface area contributed by atoms with E-state index in [1.54, 1.807) is 61.5 Å². The average molecular weight is 549 g/mol. The summed E-state index contributed by atoms with van der Waals surface area (Å²) >= 11 is 6.50. The Balaban J connectivity index is 1.87. The number of hydrogen-bond donors (Lipinski definition) is 1. The fourth-order valence-electron chi connectivity index (χ4n) is 4.16. The molecule has 8 nitrogen and oxygen atoms in total. The van der Waals surface area contributed by atoms with Gasteiger partial charge in [-0.05, 0) is 62.4 Å². The van der Waals surface area contributed by atoms with E-state index in [2.05, 4.69) is 10.2 Å². The van der Waals surface area contributed by atoms with Gasteiger partial charge in [-0.1, -0.05) is 36.4 Å². The number of nitrogens with zero attached hydrogens (tertiary/aromatic N) is 3. The van der Waals surface area contributed by atoms with Crippen molar-refractivity contribution in [3.05, 3.63) is 78.9 Å². The maximum absolute atomic E-state index is 13.7. The monoisotopic (exact) mass is 548 g/mol. The molecule has 0 bridgehead atoms. The van der Waals surface area contributed by atoms with E-state index in [1.165, 1.54) is 28.6 Å². The second-order valence-electron chi connectivity index (χ2n) is 8.28. The predicted molar refractivity (Wildman–Crippen MR) is 145 cm³/mol. The summed E-state index contributed by atoms with van der Waals surface area (Å²) in [5.74, 6) is 0. The van der Waals surface area contributed by atoms with Gasteiger partial charge in [0.2, 0.25) is 0 Å². The summed E-state index contributed by atoms with van der Waals surface area (Å²) in [5.41, 5.74) is 1.03. The van der Waals surface area contributed by atoms with Gasteiger partial charge in [0.1, 0.15) is 0 Å². The van der Waals surface area contributed by atoms with E-state index >= 15 is 0 Å². The summed E-state index contributed by atoms with van der Waals surface area (Å²) in [6, 6.07) is 20.9. The van der Waals surface area contributed by atoms with Crippen molar-refractivity contribution in [2.75, 3.05) is 45.8 Å². The van der Waals surface area contributed by atoms with E-state index in [9.17, 15) is 16.8 Å². The molecule has 0 radical (unpaired) electrons. The molecule has 0 atom stereocenters. The largest absolute Gasteiger partial charge is 0.370 e. The summed E-state index contributed by atoms with van der Waals surface area (Å²) < 4.78 is 55.9. The van der Waals surface area contributed by atoms with Gasteiger partial charge < -0.3 is 10.2 Å². The molecule has 0 saturated carbocycles. The number of sulfonamides is 2. The second-order valence-corrected chi connectivity index (χ2v) is 12.5. The third kappa shape index (κ3) is 5.31. The Labute approximate surface area is 218 Å². The molecule has 0 aromatic heterocycles. The van der Waals surface area contributed by atoms with Crippen molar-refractivity contribution in [1.29, 1.82) is 0 Å². The second kappa shape index (κ2) is 11.1. The van der Waals surface area contributed by atoms with Crippen LogP contribution < -0.4 is 18.3 Å². The van der Waals surface area contributed by atoms with Gasteiger partial charge in [-0.2, -0.15) is 12.2 Å². The van der Waals surface area contributed by atoms with Crippen LogP contribution in [0.1, 0.15) is 13.3 Å². The van der Waals surface area contributed by atoms with E-state index in [1.807, 2.05) is 0 Å². The highest BCUT2D eigenvalue weighted by Gasteiger charge is 2.32. The first kappa shape index (κ1) is 26.3. The minimum atomic E-state index is -4.16. The quantitative estimate of drug-likeness (QED) is 0.427. The molecule has 3 aromatic rings. The highest BCUT2D eigenvalue weighted by Crippen LogP contribution is 2.40. The molecule has 1 aliphatic rings. The fraction of sp³-hybridized carbons (Fsp3) is 0.280. The first-order valence-corrected chi connectivity index (χ1v) is 14.9. The Bertz CT molecular complexity index is 1380. The van der Waals surface area contributed by atoms with Crippen LogP contribution in [0, 0.1) is 0 Å². The van der Waals surface area contributed by atoms with Crippen LogP contribution in [-0.4, -0.2) is 49.6 Å². The Hall–Kier alpha value is -2.79. The van der Waals surface area contributed by atoms with Gasteiger partial charge in [0.25, 0.3) is 20.0 Å². The number of halogens is 1. The summed E-state index contributed by atoms with van der Waals surface area (Å²) in [7, 11) is -8.16. The van der Waals surface area contributed by atoms with Crippen molar-refractivity contribution in [2.45, 2.75) is 23.1 Å². The summed E-state index contributed by atoms with van der Waals surface area (Å²) in [6.07, 6.45) is 0.931. The molecule has 1 aliphatic heterocycles. The lowest BCUT2D eigenvalue weighted by molar-refractivity contribution is 0.590. The summed E-state index contributed by atoms with van der Waals surface area (Å²) in [4.78, 5) is 2.26. The molecule has 3 aromatic carbocycles. The van der Waals surface area contributed by atoms with Gasteiger partial charge >= 0.3 is 0 Å². The number of nitrogens with one attached hydrogen (secondary N) is 1. The Morgan fingerprint density at radius 3 is 2.03 bits per heavy atom. The van der Waals surface area contributed by atoms with Crippen molar-refractivity contribution >= 4 is 48.9 Å². The van der Waals surface area contributed by atoms with E-state index < -0.39 is 20.0 Å². The lowest BCUT2D eigenvalue weighted by Crippen LogP contribution is -2.33. The highest BCUT2D eigenvalue weighted by atomic mass is 35.5. The highest BCUT2D eigenvalue weighted by molar-refractivity contribution is 7.94. The van der Waals surface area contributed by atoms with Gasteiger partial charge in [0.15, 0.2) is 0 Å². The zero-order valence-corrected chi connectivity index (χ0v) is 22.3. The Morgan fingerprint density at radius 2 is 1.42 bits per heavy atom. The molecular weight excluding hydrogens is 520 g/mol. The molecule has 1 fully saturated rings. The van der Waals surface area contributed by atoms with Crippen molar-refractivity contribution in [1.82, 2.24) is 5.32 Å². The number of hydrogen-bond acceptors (Lipinski definition) is 6. The zero-order valence-electron chi connectivity index (χ0n) is 19.9. The van der Waals surface area contributed by atoms with Crippen molar-refractivity contribution < 1.29 is 16.8 Å². The molecule has 192 valence electrons. The van der Waals surface area contributed by atoms with Crippen molar-refractivity contribution in [3.63, 3.8) is 0 Å². The Kier molecular flexibility index (Phi) is 8.09. The molecule has 0 spiro atoms. The van der Waals surface area contributed by atoms with Crippen LogP contribution in [0.25, 0.3) is 0 Å². The fourth-order valence-corrected chi connectivity index (χ4v) is 7.15. The van der Waals surface area contributed by atoms with E-state index in [-0.39, 0.29) is 27.7 Å². The lowest BCUT2D eigenvalue weighted by Gasteiger charge is -2.30. The average Bonchev–Trinajstić information content (AvgIpc) is 3.19. The number of benzene rings is 3. The first-order chi connectivity index (χ1) is 17.3.